The molecule has 0 atom stereocenters. The van der Waals surface area contributed by atoms with Gasteiger partial charge in [0, 0.05) is 19.6 Å². The summed E-state index contributed by atoms with van der Waals surface area (Å²) in [5.41, 5.74) is 6.64. The molecule has 0 saturated carbocycles. The Morgan fingerprint density at radius 1 is 1.33 bits per heavy atom. The van der Waals surface area contributed by atoms with E-state index in [9.17, 15) is 4.79 Å². The quantitative estimate of drug-likeness (QED) is 0.796. The van der Waals surface area contributed by atoms with Crippen LogP contribution in [0.4, 0.5) is 0 Å². The molecule has 0 aromatic heterocycles. The second-order valence-corrected chi connectivity index (χ2v) is 4.45. The van der Waals surface area contributed by atoms with Crippen molar-refractivity contribution in [2.75, 3.05) is 19.7 Å². The first kappa shape index (κ1) is 14.7. The van der Waals surface area contributed by atoms with Crippen molar-refractivity contribution in [3.63, 3.8) is 0 Å². The number of hydrogen-bond donors (Lipinski definition) is 1. The molecule has 0 unspecified atom stereocenters. The predicted molar refractivity (Wildman–Crippen MR) is 72.0 cm³/mol. The average molecular weight is 250 g/mol. The summed E-state index contributed by atoms with van der Waals surface area (Å²) in [4.78, 5) is 13.7. The van der Waals surface area contributed by atoms with Crippen LogP contribution in [0.5, 0.6) is 0 Å². The number of hydrogen-bond acceptors (Lipinski definition) is 3. The van der Waals surface area contributed by atoms with Gasteiger partial charge in [0.1, 0.15) is 6.61 Å². The summed E-state index contributed by atoms with van der Waals surface area (Å²) in [6.45, 7) is 5.54. The van der Waals surface area contributed by atoms with Gasteiger partial charge in [0.05, 0.1) is 6.10 Å². The zero-order valence-corrected chi connectivity index (χ0v) is 11.1. The number of carbonyl (C=O) groups is 1. The van der Waals surface area contributed by atoms with Crippen LogP contribution in [0, 0.1) is 0 Å². The van der Waals surface area contributed by atoms with Gasteiger partial charge in [-0.25, -0.2) is 0 Å². The maximum absolute atomic E-state index is 12.0. The Morgan fingerprint density at radius 3 is 2.56 bits per heavy atom. The lowest BCUT2D eigenvalue weighted by molar-refractivity contribution is -0.138. The lowest BCUT2D eigenvalue weighted by atomic mass is 10.2. The summed E-state index contributed by atoms with van der Waals surface area (Å²) in [6, 6.07) is 9.89. The maximum atomic E-state index is 12.0. The molecule has 0 aliphatic carbocycles. The molecule has 0 aliphatic rings. The van der Waals surface area contributed by atoms with E-state index >= 15 is 0 Å². The lowest BCUT2D eigenvalue weighted by Crippen LogP contribution is -2.37. The Labute approximate surface area is 109 Å². The third kappa shape index (κ3) is 5.29. The monoisotopic (exact) mass is 250 g/mol. The van der Waals surface area contributed by atoms with Gasteiger partial charge >= 0.3 is 0 Å². The standard InChI is InChI=1S/C14H22N2O2/c1-12(2)18-11-14(17)16(9-8-15)10-13-6-4-3-5-7-13/h3-7,12H,8-11,15H2,1-2H3. The number of carbonyl (C=O) groups excluding carboxylic acids is 1. The van der Waals surface area contributed by atoms with Crippen LogP contribution in [0.2, 0.25) is 0 Å². The van der Waals surface area contributed by atoms with E-state index in [0.29, 0.717) is 19.6 Å². The molecule has 1 aromatic rings. The van der Waals surface area contributed by atoms with Gasteiger partial charge in [-0.2, -0.15) is 0 Å². The molecule has 1 amide bonds. The molecule has 2 N–H and O–H groups in total. The zero-order valence-electron chi connectivity index (χ0n) is 11.1. The van der Waals surface area contributed by atoms with Crippen LogP contribution in [-0.2, 0) is 16.1 Å². The van der Waals surface area contributed by atoms with Gasteiger partial charge in [-0.3, -0.25) is 4.79 Å². The number of ether oxygens (including phenoxy) is 1. The summed E-state index contributed by atoms with van der Waals surface area (Å²) in [6.07, 6.45) is 0.0606. The number of rotatable bonds is 7. The van der Waals surface area contributed by atoms with Crippen LogP contribution in [0.1, 0.15) is 19.4 Å². The lowest BCUT2D eigenvalue weighted by Gasteiger charge is -2.22. The molecule has 4 nitrogen and oxygen atoms in total. The third-order valence-corrected chi connectivity index (χ3v) is 2.51. The van der Waals surface area contributed by atoms with Crippen LogP contribution >= 0.6 is 0 Å². The van der Waals surface area contributed by atoms with Crippen molar-refractivity contribution in [3.05, 3.63) is 35.9 Å². The molecule has 4 heteroatoms. The van der Waals surface area contributed by atoms with Gasteiger partial charge in [-0.1, -0.05) is 30.3 Å². The van der Waals surface area contributed by atoms with Crippen LogP contribution in [0.25, 0.3) is 0 Å². The second-order valence-electron chi connectivity index (χ2n) is 4.45. The highest BCUT2D eigenvalue weighted by Crippen LogP contribution is 2.05. The average Bonchev–Trinajstić information content (AvgIpc) is 2.36. The van der Waals surface area contributed by atoms with Crippen molar-refractivity contribution in [2.24, 2.45) is 5.73 Å². The first-order valence-electron chi connectivity index (χ1n) is 6.27. The van der Waals surface area contributed by atoms with Crippen molar-refractivity contribution < 1.29 is 9.53 Å². The summed E-state index contributed by atoms with van der Waals surface area (Å²) in [7, 11) is 0. The molecule has 18 heavy (non-hydrogen) atoms. The zero-order chi connectivity index (χ0) is 13.4. The van der Waals surface area contributed by atoms with Crippen LogP contribution in [0.15, 0.2) is 30.3 Å². The predicted octanol–water partition coefficient (Wildman–Crippen LogP) is 1.40. The molecular weight excluding hydrogens is 228 g/mol. The van der Waals surface area contributed by atoms with Gasteiger partial charge < -0.3 is 15.4 Å². The minimum atomic E-state index is -0.0157. The van der Waals surface area contributed by atoms with E-state index in [1.807, 2.05) is 44.2 Å². The molecule has 0 spiro atoms. The molecule has 0 heterocycles. The van der Waals surface area contributed by atoms with Crippen molar-refractivity contribution in [1.29, 1.82) is 0 Å². The Hall–Kier alpha value is -1.39. The minimum absolute atomic E-state index is 0.0157. The summed E-state index contributed by atoms with van der Waals surface area (Å²) < 4.78 is 5.34. The van der Waals surface area contributed by atoms with E-state index in [0.717, 1.165) is 5.56 Å². The normalized spacial score (nSPS) is 10.7. The fraction of sp³-hybridized carbons (Fsp3) is 0.500. The molecule has 0 radical (unpaired) electrons. The number of amides is 1. The highest BCUT2D eigenvalue weighted by atomic mass is 16.5. The molecule has 1 aromatic carbocycles. The fourth-order valence-electron chi connectivity index (χ4n) is 1.58. The molecule has 100 valence electrons. The summed E-state index contributed by atoms with van der Waals surface area (Å²) in [5.74, 6) is -0.0157. The van der Waals surface area contributed by atoms with Gasteiger partial charge in [0.25, 0.3) is 0 Å². The third-order valence-electron chi connectivity index (χ3n) is 2.51. The van der Waals surface area contributed by atoms with Crippen LogP contribution in [-0.4, -0.2) is 36.6 Å². The molecular formula is C14H22N2O2. The Kier molecular flexibility index (Phi) is 6.39. The van der Waals surface area contributed by atoms with E-state index in [1.165, 1.54) is 0 Å². The van der Waals surface area contributed by atoms with E-state index in [4.69, 9.17) is 10.5 Å². The number of nitrogens with zero attached hydrogens (tertiary/aromatic N) is 1. The van der Waals surface area contributed by atoms with Crippen molar-refractivity contribution in [1.82, 2.24) is 4.90 Å². The van der Waals surface area contributed by atoms with E-state index < -0.39 is 0 Å². The Morgan fingerprint density at radius 2 is 2.00 bits per heavy atom. The van der Waals surface area contributed by atoms with E-state index in [-0.39, 0.29) is 18.6 Å². The van der Waals surface area contributed by atoms with E-state index in [2.05, 4.69) is 0 Å². The summed E-state index contributed by atoms with van der Waals surface area (Å²) in [5, 5.41) is 0. The first-order valence-corrected chi connectivity index (χ1v) is 6.27. The Bertz CT molecular complexity index is 352. The second kappa shape index (κ2) is 7.84. The topological polar surface area (TPSA) is 55.6 Å². The van der Waals surface area contributed by atoms with Gasteiger partial charge in [0.15, 0.2) is 0 Å². The molecule has 0 bridgehead atoms. The van der Waals surface area contributed by atoms with Crippen LogP contribution in [0.3, 0.4) is 0 Å². The van der Waals surface area contributed by atoms with Crippen LogP contribution < -0.4 is 5.73 Å². The molecule has 1 rings (SSSR count). The number of benzene rings is 1. The SMILES string of the molecule is CC(C)OCC(=O)N(CCN)Cc1ccccc1. The van der Waals surface area contributed by atoms with Gasteiger partial charge in [-0.05, 0) is 19.4 Å². The minimum Gasteiger partial charge on any atom is -0.369 e. The molecule has 0 aliphatic heterocycles. The highest BCUT2D eigenvalue weighted by molar-refractivity contribution is 5.77. The number of nitrogens with two attached hydrogens (primary N) is 1. The smallest absolute Gasteiger partial charge is 0.248 e. The maximum Gasteiger partial charge on any atom is 0.248 e. The first-order chi connectivity index (χ1) is 8.63. The van der Waals surface area contributed by atoms with Crippen molar-refractivity contribution in [2.45, 2.75) is 26.5 Å². The van der Waals surface area contributed by atoms with Gasteiger partial charge in [0.2, 0.25) is 5.91 Å². The molecule has 0 fully saturated rings. The molecule has 0 saturated heterocycles. The van der Waals surface area contributed by atoms with Gasteiger partial charge in [-0.15, -0.1) is 0 Å². The Balaban J connectivity index is 2.56. The fourth-order valence-corrected chi connectivity index (χ4v) is 1.58. The summed E-state index contributed by atoms with van der Waals surface area (Å²) >= 11 is 0. The van der Waals surface area contributed by atoms with E-state index in [1.54, 1.807) is 4.90 Å². The van der Waals surface area contributed by atoms with Crippen molar-refractivity contribution >= 4 is 5.91 Å². The largest absolute Gasteiger partial charge is 0.369 e. The van der Waals surface area contributed by atoms with Crippen molar-refractivity contribution in [3.8, 4) is 0 Å². The highest BCUT2D eigenvalue weighted by Gasteiger charge is 2.13.